The van der Waals surface area contributed by atoms with Crippen molar-refractivity contribution < 1.29 is 35.9 Å². The molecule has 0 amide bonds. The molecule has 0 aliphatic carbocycles. The molecule has 1 aliphatic rings. The lowest BCUT2D eigenvalue weighted by molar-refractivity contribution is -0.140. The fourth-order valence-electron chi connectivity index (χ4n) is 4.07. The lowest BCUT2D eigenvalue weighted by Crippen LogP contribution is -2.37. The quantitative estimate of drug-likeness (QED) is 0.302. The van der Waals surface area contributed by atoms with E-state index < -0.39 is 62.5 Å². The van der Waals surface area contributed by atoms with E-state index in [4.69, 9.17) is 11.6 Å². The van der Waals surface area contributed by atoms with Gasteiger partial charge in [0.25, 0.3) is 0 Å². The molecule has 3 aromatic rings. The molecule has 8 nitrogen and oxygen atoms in total. The fraction of sp³-hybridized carbons (Fsp3) is 0.286. The topological polar surface area (TPSA) is 105 Å². The highest BCUT2D eigenvalue weighted by atomic mass is 35.5. The number of rotatable bonds is 5. The van der Waals surface area contributed by atoms with Crippen molar-refractivity contribution in [1.82, 2.24) is 14.8 Å². The van der Waals surface area contributed by atoms with Crippen LogP contribution in [-0.2, 0) is 20.8 Å². The van der Waals surface area contributed by atoms with Crippen LogP contribution in [0.4, 0.5) is 23.4 Å². The minimum Gasteiger partial charge on any atom is -0.480 e. The number of carboxylic acid groups (broad SMARTS) is 1. The van der Waals surface area contributed by atoms with E-state index in [1.165, 1.54) is 27.9 Å². The Bertz CT molecular complexity index is 1410. The van der Waals surface area contributed by atoms with Crippen molar-refractivity contribution in [2.75, 3.05) is 11.4 Å². The molecule has 186 valence electrons. The van der Waals surface area contributed by atoms with Crippen molar-refractivity contribution in [3.8, 4) is 5.69 Å². The number of hydrogen-bond acceptors (Lipinski definition) is 6. The van der Waals surface area contributed by atoms with Gasteiger partial charge in [-0.1, -0.05) is 11.6 Å². The first-order valence-electron chi connectivity index (χ1n) is 10.1. The fourth-order valence-corrected chi connectivity index (χ4v) is 6.12. The second-order valence-electron chi connectivity index (χ2n) is 7.94. The third kappa shape index (κ3) is 4.69. The van der Waals surface area contributed by atoms with Crippen molar-refractivity contribution in [2.24, 2.45) is 0 Å². The number of aryl methyl sites for hydroxylation is 1. The standard InChI is InChI=1S/C21H17ClF4N4O4S/c1-11-6-19(30(28-11)13-4-5-27-18(22)8-13)29-10-14(9-16(29)20(31)32)35(33,34)17-3-2-12(23)7-15(17)21(24,25)26/h2-8,14,16H,9-10H2,1H3,(H,31,32)/t14-,16+/m1/s1. The van der Waals surface area contributed by atoms with Gasteiger partial charge in [0.2, 0.25) is 0 Å². The van der Waals surface area contributed by atoms with Crippen LogP contribution in [0, 0.1) is 12.7 Å². The lowest BCUT2D eigenvalue weighted by Gasteiger charge is -2.24. The predicted molar refractivity (Wildman–Crippen MR) is 117 cm³/mol. The van der Waals surface area contributed by atoms with Crippen LogP contribution in [0.15, 0.2) is 47.5 Å². The van der Waals surface area contributed by atoms with Gasteiger partial charge >= 0.3 is 12.1 Å². The van der Waals surface area contributed by atoms with E-state index in [-0.39, 0.29) is 17.0 Å². The van der Waals surface area contributed by atoms with E-state index in [0.717, 1.165) is 0 Å². The minimum atomic E-state index is -5.13. The average molecular weight is 533 g/mol. The molecule has 2 aromatic heterocycles. The summed E-state index contributed by atoms with van der Waals surface area (Å²) in [6.45, 7) is 1.20. The number of sulfone groups is 1. The van der Waals surface area contributed by atoms with Gasteiger partial charge in [0.15, 0.2) is 9.84 Å². The molecule has 0 radical (unpaired) electrons. The minimum absolute atomic E-state index is 0.111. The number of aliphatic carboxylic acids is 1. The molecular formula is C21H17ClF4N4O4S. The summed E-state index contributed by atoms with van der Waals surface area (Å²) in [5, 5.41) is 12.7. The highest BCUT2D eigenvalue weighted by Gasteiger charge is 2.47. The molecule has 0 saturated carbocycles. The zero-order valence-corrected chi connectivity index (χ0v) is 19.4. The average Bonchev–Trinajstić information content (AvgIpc) is 3.37. The number of hydrogen-bond donors (Lipinski definition) is 1. The third-order valence-electron chi connectivity index (χ3n) is 5.60. The Balaban J connectivity index is 1.78. The molecule has 1 aromatic carbocycles. The van der Waals surface area contributed by atoms with Gasteiger partial charge in [-0.15, -0.1) is 0 Å². The van der Waals surface area contributed by atoms with Crippen LogP contribution in [0.3, 0.4) is 0 Å². The van der Waals surface area contributed by atoms with Crippen molar-refractivity contribution in [3.63, 3.8) is 0 Å². The van der Waals surface area contributed by atoms with Crippen molar-refractivity contribution >= 4 is 33.2 Å². The summed E-state index contributed by atoms with van der Waals surface area (Å²) in [6, 6.07) is 4.45. The summed E-state index contributed by atoms with van der Waals surface area (Å²) in [5.74, 6) is -2.40. The van der Waals surface area contributed by atoms with Crippen molar-refractivity contribution in [2.45, 2.75) is 35.7 Å². The van der Waals surface area contributed by atoms with E-state index in [1.54, 1.807) is 13.0 Å². The smallest absolute Gasteiger partial charge is 0.417 e. The number of halogens is 5. The third-order valence-corrected chi connectivity index (χ3v) is 8.00. The second-order valence-corrected chi connectivity index (χ2v) is 10.5. The molecule has 0 bridgehead atoms. The van der Waals surface area contributed by atoms with Gasteiger partial charge in [-0.25, -0.2) is 27.3 Å². The van der Waals surface area contributed by atoms with Crippen LogP contribution >= 0.6 is 11.6 Å². The molecule has 1 N–H and O–H groups in total. The van der Waals surface area contributed by atoms with E-state index in [0.29, 0.717) is 23.5 Å². The SMILES string of the molecule is Cc1cc(N2C[C@H](S(=O)(=O)c3ccc(F)cc3C(F)(F)F)C[C@H]2C(=O)O)n(-c2ccnc(Cl)c2)n1. The van der Waals surface area contributed by atoms with Crippen LogP contribution in [0.2, 0.25) is 5.15 Å². The summed E-state index contributed by atoms with van der Waals surface area (Å²) in [7, 11) is -4.71. The van der Waals surface area contributed by atoms with Gasteiger partial charge in [-0.3, -0.25) is 0 Å². The molecule has 35 heavy (non-hydrogen) atoms. The number of pyridine rings is 1. The van der Waals surface area contributed by atoms with E-state index in [1.807, 2.05) is 0 Å². The summed E-state index contributed by atoms with van der Waals surface area (Å²) in [5.41, 5.74) is -0.752. The summed E-state index contributed by atoms with van der Waals surface area (Å²) >= 11 is 5.95. The molecule has 1 fully saturated rings. The molecule has 4 rings (SSSR count). The van der Waals surface area contributed by atoms with Gasteiger partial charge in [0.05, 0.1) is 27.1 Å². The number of anilines is 1. The molecule has 1 aliphatic heterocycles. The van der Waals surface area contributed by atoms with Crippen LogP contribution in [0.5, 0.6) is 0 Å². The molecule has 14 heteroatoms. The Hall–Kier alpha value is -3.19. The first kappa shape index (κ1) is 24.9. The Labute approximate surface area is 201 Å². The maximum absolute atomic E-state index is 13.5. The van der Waals surface area contributed by atoms with Gasteiger partial charge in [0, 0.05) is 24.9 Å². The molecular weight excluding hydrogens is 516 g/mol. The van der Waals surface area contributed by atoms with Gasteiger partial charge in [-0.05, 0) is 37.6 Å². The zero-order chi connectivity index (χ0) is 25.7. The Kier molecular flexibility index (Phi) is 6.26. The van der Waals surface area contributed by atoms with Crippen molar-refractivity contribution in [1.29, 1.82) is 0 Å². The highest BCUT2D eigenvalue weighted by Crippen LogP contribution is 2.39. The number of carboxylic acids is 1. The number of benzene rings is 1. The molecule has 3 heterocycles. The molecule has 1 saturated heterocycles. The molecule has 2 atom stereocenters. The predicted octanol–water partition coefficient (Wildman–Crippen LogP) is 3.89. The number of alkyl halides is 3. The maximum Gasteiger partial charge on any atom is 0.417 e. The van der Waals surface area contributed by atoms with Gasteiger partial charge < -0.3 is 10.0 Å². The van der Waals surface area contributed by atoms with Gasteiger partial charge in [-0.2, -0.15) is 18.3 Å². The van der Waals surface area contributed by atoms with Crippen molar-refractivity contribution in [3.05, 3.63) is 64.8 Å². The lowest BCUT2D eigenvalue weighted by atomic mass is 10.2. The van der Waals surface area contributed by atoms with Crippen LogP contribution in [0.1, 0.15) is 17.7 Å². The zero-order valence-electron chi connectivity index (χ0n) is 17.9. The van der Waals surface area contributed by atoms with Crippen LogP contribution < -0.4 is 4.90 Å². The largest absolute Gasteiger partial charge is 0.480 e. The first-order valence-corrected chi connectivity index (χ1v) is 12.0. The summed E-state index contributed by atoms with van der Waals surface area (Å²) < 4.78 is 81.9. The molecule has 0 unspecified atom stereocenters. The Morgan fingerprint density at radius 1 is 1.20 bits per heavy atom. The van der Waals surface area contributed by atoms with Gasteiger partial charge in [0.1, 0.15) is 22.8 Å². The second kappa shape index (κ2) is 8.79. The normalized spacial score (nSPS) is 18.7. The number of nitrogens with zero attached hydrogens (tertiary/aromatic N) is 4. The number of carbonyl (C=O) groups is 1. The maximum atomic E-state index is 13.5. The highest BCUT2D eigenvalue weighted by molar-refractivity contribution is 7.92. The van der Waals surface area contributed by atoms with E-state index in [2.05, 4.69) is 10.1 Å². The number of aromatic nitrogens is 3. The van der Waals surface area contributed by atoms with E-state index in [9.17, 15) is 35.9 Å². The van der Waals surface area contributed by atoms with Crippen LogP contribution in [-0.4, -0.2) is 52.1 Å². The Morgan fingerprint density at radius 3 is 2.54 bits per heavy atom. The summed E-state index contributed by atoms with van der Waals surface area (Å²) in [6.07, 6.45) is -4.23. The monoisotopic (exact) mass is 532 g/mol. The first-order chi connectivity index (χ1) is 16.3. The van der Waals surface area contributed by atoms with E-state index >= 15 is 0 Å². The Morgan fingerprint density at radius 2 is 1.91 bits per heavy atom. The van der Waals surface area contributed by atoms with Crippen LogP contribution in [0.25, 0.3) is 5.69 Å². The molecule has 0 spiro atoms. The summed E-state index contributed by atoms with van der Waals surface area (Å²) in [4.78, 5) is 16.1.